The van der Waals surface area contributed by atoms with Gasteiger partial charge < -0.3 is 20.2 Å². The van der Waals surface area contributed by atoms with E-state index in [-0.39, 0.29) is 17.8 Å². The molecule has 2 aromatic rings. The van der Waals surface area contributed by atoms with E-state index in [1.165, 1.54) is 31.5 Å². The maximum absolute atomic E-state index is 15.1. The first-order valence-electron chi connectivity index (χ1n) is 18.0. The van der Waals surface area contributed by atoms with Crippen LogP contribution in [-0.2, 0) is 24.9 Å². The smallest absolute Gasteiger partial charge is 0.255 e. The number of halogens is 1. The van der Waals surface area contributed by atoms with Crippen LogP contribution >= 0.6 is 0 Å². The summed E-state index contributed by atoms with van der Waals surface area (Å²) in [5, 5.41) is 11.8. The van der Waals surface area contributed by atoms with Crippen LogP contribution in [0.25, 0.3) is 5.57 Å². The van der Waals surface area contributed by atoms with Crippen LogP contribution in [0.5, 0.6) is 0 Å². The van der Waals surface area contributed by atoms with Gasteiger partial charge in [-0.2, -0.15) is 0 Å². The summed E-state index contributed by atoms with van der Waals surface area (Å²) < 4.78 is 16.9. The van der Waals surface area contributed by atoms with Crippen LogP contribution in [0, 0.1) is 18.2 Å². The summed E-state index contributed by atoms with van der Waals surface area (Å²) in [4.78, 5) is 26.8. The average Bonchev–Trinajstić information content (AvgIpc) is 3.55. The third kappa shape index (κ3) is 11.7. The summed E-state index contributed by atoms with van der Waals surface area (Å²) in [6.07, 6.45) is 13.7. The van der Waals surface area contributed by atoms with E-state index >= 15 is 4.39 Å². The summed E-state index contributed by atoms with van der Waals surface area (Å²) >= 11 is 0. The predicted octanol–water partition coefficient (Wildman–Crippen LogP) is 10.6. The molecule has 1 aliphatic rings. The van der Waals surface area contributed by atoms with Gasteiger partial charge in [0, 0.05) is 60.0 Å². The van der Waals surface area contributed by atoms with Gasteiger partial charge in [0.2, 0.25) is 0 Å². The second-order valence-electron chi connectivity index (χ2n) is 12.3. The molecule has 1 atom stereocenters. The first-order valence-corrected chi connectivity index (χ1v) is 18.0. The molecule has 0 saturated carbocycles. The molecule has 3 rings (SSSR count). The molecule has 0 spiro atoms. The number of nitrogens with one attached hydrogen (secondary N) is 2. The van der Waals surface area contributed by atoms with E-state index in [1.54, 1.807) is 11.0 Å². The molecule has 2 heterocycles. The van der Waals surface area contributed by atoms with Crippen molar-refractivity contribution >= 4 is 23.6 Å². The predicted molar refractivity (Wildman–Crippen MR) is 206 cm³/mol. The average molecular weight is 673 g/mol. The second kappa shape index (κ2) is 22.4. The monoisotopic (exact) mass is 672 g/mol. The highest BCUT2D eigenvalue weighted by Crippen LogP contribution is 2.31. The molecular weight excluding hydrogens is 611 g/mol. The number of hydrogen-bond donors (Lipinski definition) is 2. The lowest BCUT2D eigenvalue weighted by atomic mass is 9.99. The SMILES string of the molecule is C=CCCC(C(=C=O)CC)N1Cc2cc(CNC(=C/CC)/C(C=N)=C(\C=C(C)C)c3c(F)cc(C)n3C)ccc2C1=O.CC.CCCCC. The van der Waals surface area contributed by atoms with Crippen LogP contribution in [0.4, 0.5) is 4.39 Å². The second-order valence-corrected chi connectivity index (χ2v) is 12.3. The van der Waals surface area contributed by atoms with E-state index in [9.17, 15) is 9.59 Å². The molecular formula is C42H61FN4O2. The molecule has 0 aliphatic carbocycles. The van der Waals surface area contributed by atoms with Gasteiger partial charge >= 0.3 is 0 Å². The number of benzene rings is 1. The maximum atomic E-state index is 15.1. The van der Waals surface area contributed by atoms with Crippen LogP contribution in [0.1, 0.15) is 133 Å². The Morgan fingerprint density at radius 2 is 1.82 bits per heavy atom. The highest BCUT2D eigenvalue weighted by Gasteiger charge is 2.34. The highest BCUT2D eigenvalue weighted by atomic mass is 19.1. The van der Waals surface area contributed by atoms with Gasteiger partial charge in [-0.15, -0.1) is 6.58 Å². The number of amides is 1. The number of carbonyl (C=O) groups is 1. The summed E-state index contributed by atoms with van der Waals surface area (Å²) in [6.45, 7) is 22.8. The van der Waals surface area contributed by atoms with Gasteiger partial charge in [-0.3, -0.25) is 4.79 Å². The van der Waals surface area contributed by atoms with Crippen LogP contribution < -0.4 is 5.32 Å². The molecule has 1 aromatic heterocycles. The van der Waals surface area contributed by atoms with E-state index in [0.717, 1.165) is 34.5 Å². The van der Waals surface area contributed by atoms with Crippen molar-refractivity contribution in [2.75, 3.05) is 0 Å². The van der Waals surface area contributed by atoms with E-state index in [4.69, 9.17) is 5.41 Å². The number of carbonyl (C=O) groups excluding carboxylic acids is 2. The molecule has 1 aliphatic heterocycles. The van der Waals surface area contributed by atoms with Gasteiger partial charge in [-0.25, -0.2) is 9.18 Å². The fourth-order valence-electron chi connectivity index (χ4n) is 5.82. The van der Waals surface area contributed by atoms with Crippen molar-refractivity contribution in [1.29, 1.82) is 5.41 Å². The third-order valence-electron chi connectivity index (χ3n) is 8.37. The lowest BCUT2D eigenvalue weighted by molar-refractivity contribution is 0.0722. The number of aryl methyl sites for hydroxylation is 1. The summed E-state index contributed by atoms with van der Waals surface area (Å²) in [5.74, 6) is 1.66. The van der Waals surface area contributed by atoms with Crippen molar-refractivity contribution in [3.63, 3.8) is 0 Å². The van der Waals surface area contributed by atoms with Gasteiger partial charge in [0.1, 0.15) is 11.8 Å². The number of fused-ring (bicyclic) bond motifs is 1. The van der Waals surface area contributed by atoms with Crippen molar-refractivity contribution in [1.82, 2.24) is 14.8 Å². The summed E-state index contributed by atoms with van der Waals surface area (Å²) in [5.41, 5.74) is 7.34. The van der Waals surface area contributed by atoms with E-state index in [1.807, 2.05) is 90.4 Å². The summed E-state index contributed by atoms with van der Waals surface area (Å²) in [6, 6.07) is 7.01. The highest BCUT2D eigenvalue weighted by molar-refractivity contribution is 5.99. The fourth-order valence-corrected chi connectivity index (χ4v) is 5.82. The topological polar surface area (TPSA) is 78.2 Å². The molecule has 6 nitrogen and oxygen atoms in total. The van der Waals surface area contributed by atoms with E-state index in [0.29, 0.717) is 60.3 Å². The Balaban J connectivity index is 0.00000157. The minimum Gasteiger partial charge on any atom is -0.381 e. The molecule has 0 radical (unpaired) electrons. The third-order valence-corrected chi connectivity index (χ3v) is 8.37. The largest absolute Gasteiger partial charge is 0.381 e. The zero-order valence-electron chi connectivity index (χ0n) is 31.9. The van der Waals surface area contributed by atoms with E-state index in [2.05, 4.69) is 31.7 Å². The first kappa shape index (κ1) is 42.8. The van der Waals surface area contributed by atoms with Crippen LogP contribution in [-0.4, -0.2) is 33.6 Å². The van der Waals surface area contributed by atoms with Crippen molar-refractivity contribution in [2.45, 2.75) is 126 Å². The molecule has 1 unspecified atom stereocenters. The molecule has 1 aromatic carbocycles. The molecule has 0 bridgehead atoms. The van der Waals surface area contributed by atoms with Crippen LogP contribution in [0.3, 0.4) is 0 Å². The number of rotatable bonds is 16. The molecule has 268 valence electrons. The number of aromatic nitrogens is 1. The standard InChI is InChI=1S/C35H43FN4O2.C5H12.C2H6/c1-8-11-13-33(26(10-3)22-41)40-21-27-18-25(14-15-28(27)35(40)42)20-38-32(12-9-2)30(19-37)29(16-23(4)5)34-31(36)17-24(6)39(34)7;1-3-5-4-2;1-2/h8,12,14-19,33,37-38H,1,9-11,13,20-21H2,2-7H3;3-5H2,1-2H3;1-2H3/b30-29+,32-12+,37-19?;;. The Kier molecular flexibility index (Phi) is 19.6. The maximum Gasteiger partial charge on any atom is 0.255 e. The lowest BCUT2D eigenvalue weighted by Crippen LogP contribution is -2.37. The summed E-state index contributed by atoms with van der Waals surface area (Å²) in [7, 11) is 1.83. The normalized spacial score (nSPS) is 13.1. The molecule has 1 amide bonds. The molecule has 0 saturated heterocycles. The van der Waals surface area contributed by atoms with Gasteiger partial charge in [-0.05, 0) is 69.7 Å². The number of unbranched alkanes of at least 4 members (excludes halogenated alkanes) is 2. The van der Waals surface area contributed by atoms with E-state index < -0.39 is 0 Å². The lowest BCUT2D eigenvalue weighted by Gasteiger charge is -2.27. The molecule has 49 heavy (non-hydrogen) atoms. The Hall–Kier alpha value is -4.22. The van der Waals surface area contributed by atoms with Gasteiger partial charge in [0.25, 0.3) is 5.91 Å². The van der Waals surface area contributed by atoms with Crippen molar-refractivity contribution in [2.24, 2.45) is 7.05 Å². The Morgan fingerprint density at radius 1 is 1.14 bits per heavy atom. The fraction of sp³-hybridized carbons (Fsp3) is 0.476. The van der Waals surface area contributed by atoms with Gasteiger partial charge in [0.05, 0.1) is 11.7 Å². The Labute approximate surface area is 296 Å². The van der Waals surface area contributed by atoms with Gasteiger partial charge in [0.15, 0.2) is 0 Å². The van der Waals surface area contributed by atoms with Crippen LogP contribution in [0.15, 0.2) is 71.5 Å². The Bertz CT molecular complexity index is 1550. The van der Waals surface area contributed by atoms with Crippen molar-refractivity contribution < 1.29 is 14.0 Å². The minimum absolute atomic E-state index is 0.0772. The van der Waals surface area contributed by atoms with Gasteiger partial charge in [-0.1, -0.05) is 96.7 Å². The van der Waals surface area contributed by atoms with Crippen LogP contribution in [0.2, 0.25) is 0 Å². The number of allylic oxidation sites excluding steroid dienone is 6. The molecule has 0 fully saturated rings. The van der Waals surface area contributed by atoms with Crippen molar-refractivity contribution in [3.8, 4) is 0 Å². The van der Waals surface area contributed by atoms with Crippen molar-refractivity contribution in [3.05, 3.63) is 105 Å². The molecule has 7 heteroatoms. The zero-order chi connectivity index (χ0) is 37.1. The molecule has 2 N–H and O–H groups in total. The number of hydrogen-bond acceptors (Lipinski definition) is 4. The Morgan fingerprint density at radius 3 is 2.29 bits per heavy atom. The first-order chi connectivity index (χ1) is 23.5. The quantitative estimate of drug-likeness (QED) is 0.0806. The number of nitrogens with zero attached hydrogens (tertiary/aromatic N) is 2. The zero-order valence-corrected chi connectivity index (χ0v) is 31.9. The minimum atomic E-state index is -0.326.